The van der Waals surface area contributed by atoms with Crippen molar-refractivity contribution in [3.8, 4) is 0 Å². The van der Waals surface area contributed by atoms with E-state index in [0.29, 0.717) is 25.6 Å². The lowest BCUT2D eigenvalue weighted by Gasteiger charge is -2.38. The molecule has 6 heteroatoms. The molecule has 1 aliphatic carbocycles. The lowest BCUT2D eigenvalue weighted by Crippen LogP contribution is -2.49. The summed E-state index contributed by atoms with van der Waals surface area (Å²) in [5.41, 5.74) is 3.48. The fourth-order valence-electron chi connectivity index (χ4n) is 3.50. The van der Waals surface area contributed by atoms with Crippen molar-refractivity contribution in [2.24, 2.45) is 0 Å². The number of hydrogen-bond acceptors (Lipinski definition) is 4. The van der Waals surface area contributed by atoms with Crippen molar-refractivity contribution < 1.29 is 14.3 Å². The van der Waals surface area contributed by atoms with E-state index >= 15 is 0 Å². The predicted octanol–water partition coefficient (Wildman–Crippen LogP) is 1.96. The van der Waals surface area contributed by atoms with Gasteiger partial charge in [0.15, 0.2) is 0 Å². The molecule has 1 aromatic rings. The van der Waals surface area contributed by atoms with Crippen molar-refractivity contribution in [3.05, 3.63) is 17.0 Å². The fourth-order valence-corrected chi connectivity index (χ4v) is 3.50. The number of amides is 1. The second kappa shape index (κ2) is 5.33. The van der Waals surface area contributed by atoms with E-state index in [2.05, 4.69) is 10.2 Å². The van der Waals surface area contributed by atoms with E-state index in [4.69, 9.17) is 9.47 Å². The van der Waals surface area contributed by atoms with Gasteiger partial charge in [0.25, 0.3) is 0 Å². The first-order chi connectivity index (χ1) is 10.3. The molecule has 0 bridgehead atoms. The zero-order chi connectivity index (χ0) is 14.2. The van der Waals surface area contributed by atoms with Crippen LogP contribution in [0.5, 0.6) is 0 Å². The van der Waals surface area contributed by atoms with Crippen molar-refractivity contribution in [3.63, 3.8) is 0 Å². The van der Waals surface area contributed by atoms with E-state index in [1.54, 1.807) is 4.90 Å². The minimum Gasteiger partial charge on any atom is -0.446 e. The van der Waals surface area contributed by atoms with Crippen LogP contribution in [0.2, 0.25) is 0 Å². The second-order valence-corrected chi connectivity index (χ2v) is 6.26. The number of nitrogens with zero attached hydrogens (tertiary/aromatic N) is 2. The molecule has 0 aromatic carbocycles. The number of nitrogens with one attached hydrogen (secondary N) is 1. The highest BCUT2D eigenvalue weighted by Crippen LogP contribution is 2.32. The Morgan fingerprint density at radius 3 is 2.95 bits per heavy atom. The molecular formula is C15H21N3O3. The highest BCUT2D eigenvalue weighted by molar-refractivity contribution is 5.69. The monoisotopic (exact) mass is 291 g/mol. The van der Waals surface area contributed by atoms with Gasteiger partial charge in [-0.05, 0) is 25.7 Å². The number of aromatic nitrogens is 2. The van der Waals surface area contributed by atoms with Crippen molar-refractivity contribution >= 4 is 6.09 Å². The molecule has 0 spiro atoms. The lowest BCUT2D eigenvalue weighted by atomic mass is 9.92. The Morgan fingerprint density at radius 1 is 1.33 bits per heavy atom. The number of ether oxygens (including phenoxy) is 2. The molecule has 0 unspecified atom stereocenters. The first-order valence-electron chi connectivity index (χ1n) is 7.90. The number of hydrogen-bond donors (Lipinski definition) is 1. The van der Waals surface area contributed by atoms with Gasteiger partial charge in [-0.3, -0.25) is 5.10 Å². The SMILES string of the molecule is O=C(OC1CCCC1)N1CC(c2n[nH]c3c2COCC3)C1. The summed E-state index contributed by atoms with van der Waals surface area (Å²) in [6.07, 6.45) is 5.30. The maximum absolute atomic E-state index is 12.0. The van der Waals surface area contributed by atoms with Gasteiger partial charge in [-0.15, -0.1) is 0 Å². The summed E-state index contributed by atoms with van der Waals surface area (Å²) < 4.78 is 11.0. The van der Waals surface area contributed by atoms with Gasteiger partial charge >= 0.3 is 6.09 Å². The first kappa shape index (κ1) is 13.1. The Morgan fingerprint density at radius 2 is 2.14 bits per heavy atom. The standard InChI is InChI=1S/C15H21N3O3/c19-15(21-11-3-1-2-4-11)18-7-10(8-18)14-12-9-20-6-5-13(12)16-17-14/h10-11H,1-9H2,(H,16,17). The molecule has 3 aliphatic rings. The zero-order valence-electron chi connectivity index (χ0n) is 12.1. The highest BCUT2D eigenvalue weighted by Gasteiger charge is 2.37. The smallest absolute Gasteiger partial charge is 0.410 e. The molecule has 6 nitrogen and oxygen atoms in total. The summed E-state index contributed by atoms with van der Waals surface area (Å²) in [6, 6.07) is 0. The Kier molecular flexibility index (Phi) is 3.33. The van der Waals surface area contributed by atoms with Crippen molar-refractivity contribution in [2.75, 3.05) is 19.7 Å². The Balaban J connectivity index is 1.34. The Bertz CT molecular complexity index is 530. The lowest BCUT2D eigenvalue weighted by molar-refractivity contribution is 0.0409. The van der Waals surface area contributed by atoms with Crippen LogP contribution in [-0.2, 0) is 22.5 Å². The number of fused-ring (bicyclic) bond motifs is 1. The number of H-pyrrole nitrogens is 1. The molecule has 1 N–H and O–H groups in total. The van der Waals surface area contributed by atoms with Gasteiger partial charge in [0.2, 0.25) is 0 Å². The molecule has 2 aliphatic heterocycles. The minimum atomic E-state index is -0.154. The van der Waals surface area contributed by atoms with Crippen molar-refractivity contribution in [1.29, 1.82) is 0 Å². The van der Waals surface area contributed by atoms with Crippen LogP contribution in [0.25, 0.3) is 0 Å². The molecule has 21 heavy (non-hydrogen) atoms. The molecule has 1 amide bonds. The number of carbonyl (C=O) groups excluding carboxylic acids is 1. The van der Waals surface area contributed by atoms with Crippen LogP contribution < -0.4 is 0 Å². The first-order valence-corrected chi connectivity index (χ1v) is 7.90. The van der Waals surface area contributed by atoms with E-state index in [-0.39, 0.29) is 12.2 Å². The Labute approximate surface area is 123 Å². The quantitative estimate of drug-likeness (QED) is 0.904. The van der Waals surface area contributed by atoms with Crippen LogP contribution in [0.3, 0.4) is 0 Å². The number of likely N-dealkylation sites (tertiary alicyclic amines) is 1. The molecular weight excluding hydrogens is 270 g/mol. The second-order valence-electron chi connectivity index (χ2n) is 6.26. The van der Waals surface area contributed by atoms with Crippen LogP contribution >= 0.6 is 0 Å². The van der Waals surface area contributed by atoms with Gasteiger partial charge in [0, 0.05) is 36.7 Å². The van der Waals surface area contributed by atoms with Gasteiger partial charge in [-0.25, -0.2) is 4.79 Å². The largest absolute Gasteiger partial charge is 0.446 e. The number of rotatable bonds is 2. The topological polar surface area (TPSA) is 67.5 Å². The summed E-state index contributed by atoms with van der Waals surface area (Å²) in [5.74, 6) is 0.322. The summed E-state index contributed by atoms with van der Waals surface area (Å²) in [5, 5.41) is 7.55. The van der Waals surface area contributed by atoms with E-state index in [1.165, 1.54) is 24.1 Å². The number of aromatic amines is 1. The Hall–Kier alpha value is -1.56. The third kappa shape index (κ3) is 2.41. The fraction of sp³-hybridized carbons (Fsp3) is 0.733. The molecule has 4 rings (SSSR count). The minimum absolute atomic E-state index is 0.142. The van der Waals surface area contributed by atoms with Crippen LogP contribution in [0.4, 0.5) is 4.79 Å². The van der Waals surface area contributed by atoms with Gasteiger partial charge in [-0.2, -0.15) is 5.10 Å². The van der Waals surface area contributed by atoms with Gasteiger partial charge < -0.3 is 14.4 Å². The molecule has 114 valence electrons. The molecule has 1 saturated heterocycles. The zero-order valence-corrected chi connectivity index (χ0v) is 12.1. The average molecular weight is 291 g/mol. The van der Waals surface area contributed by atoms with E-state index in [0.717, 1.165) is 31.6 Å². The molecule has 0 atom stereocenters. The van der Waals surface area contributed by atoms with Crippen molar-refractivity contribution in [2.45, 2.75) is 50.7 Å². The van der Waals surface area contributed by atoms with E-state index in [1.807, 2.05) is 0 Å². The average Bonchev–Trinajstić information content (AvgIpc) is 3.07. The van der Waals surface area contributed by atoms with E-state index in [9.17, 15) is 4.79 Å². The van der Waals surface area contributed by atoms with Crippen molar-refractivity contribution in [1.82, 2.24) is 15.1 Å². The van der Waals surface area contributed by atoms with Crippen LogP contribution in [0, 0.1) is 0 Å². The third-order valence-electron chi connectivity index (χ3n) is 4.82. The molecule has 2 fully saturated rings. The van der Waals surface area contributed by atoms with Gasteiger partial charge in [-0.1, -0.05) is 0 Å². The summed E-state index contributed by atoms with van der Waals surface area (Å²) in [6.45, 7) is 2.83. The summed E-state index contributed by atoms with van der Waals surface area (Å²) in [4.78, 5) is 13.8. The summed E-state index contributed by atoms with van der Waals surface area (Å²) >= 11 is 0. The number of carbonyl (C=O) groups is 1. The van der Waals surface area contributed by atoms with Crippen LogP contribution in [0.15, 0.2) is 0 Å². The predicted molar refractivity (Wildman–Crippen MR) is 75.0 cm³/mol. The maximum Gasteiger partial charge on any atom is 0.410 e. The molecule has 0 radical (unpaired) electrons. The van der Waals surface area contributed by atoms with Crippen LogP contribution in [-0.4, -0.2) is 47.0 Å². The normalized spacial score (nSPS) is 23.0. The molecule has 3 heterocycles. The van der Waals surface area contributed by atoms with Gasteiger partial charge in [0.1, 0.15) is 6.10 Å². The maximum atomic E-state index is 12.0. The van der Waals surface area contributed by atoms with E-state index < -0.39 is 0 Å². The molecule has 1 aromatic heterocycles. The molecule has 1 saturated carbocycles. The third-order valence-corrected chi connectivity index (χ3v) is 4.82. The highest BCUT2D eigenvalue weighted by atomic mass is 16.6. The van der Waals surface area contributed by atoms with Crippen LogP contribution in [0.1, 0.15) is 48.6 Å². The van der Waals surface area contributed by atoms with Gasteiger partial charge in [0.05, 0.1) is 18.9 Å². The summed E-state index contributed by atoms with van der Waals surface area (Å²) in [7, 11) is 0.